The molecule has 120 valence electrons. The molecular formula is C16H23N3O3. The summed E-state index contributed by atoms with van der Waals surface area (Å²) in [6.45, 7) is 8.90. The molecular weight excluding hydrogens is 282 g/mol. The molecule has 0 bridgehead atoms. The molecule has 0 heterocycles. The number of carbonyl (C=O) groups is 3. The Balaban J connectivity index is 3.20. The van der Waals surface area contributed by atoms with Gasteiger partial charge in [-0.15, -0.1) is 0 Å². The van der Waals surface area contributed by atoms with E-state index in [1.807, 2.05) is 20.8 Å². The van der Waals surface area contributed by atoms with Gasteiger partial charge in [0.05, 0.1) is 5.69 Å². The molecule has 1 aromatic rings. The second kappa shape index (κ2) is 6.60. The zero-order valence-electron chi connectivity index (χ0n) is 13.7. The zero-order valence-corrected chi connectivity index (χ0v) is 13.7. The molecule has 0 fully saturated rings. The minimum absolute atomic E-state index is 0.288. The first-order chi connectivity index (χ1) is 10.1. The van der Waals surface area contributed by atoms with Crippen molar-refractivity contribution in [1.82, 2.24) is 4.90 Å². The van der Waals surface area contributed by atoms with Crippen molar-refractivity contribution in [3.05, 3.63) is 24.3 Å². The molecule has 0 aliphatic heterocycles. The number of hydrogen-bond acceptors (Lipinski definition) is 4. The first kappa shape index (κ1) is 17.7. The van der Waals surface area contributed by atoms with E-state index in [9.17, 15) is 14.4 Å². The lowest BCUT2D eigenvalue weighted by molar-refractivity contribution is -0.148. The summed E-state index contributed by atoms with van der Waals surface area (Å²) in [5, 5.41) is 0. The number of nitrogen functional groups attached to an aromatic ring is 1. The van der Waals surface area contributed by atoms with Gasteiger partial charge >= 0.3 is 11.8 Å². The molecule has 6 nitrogen and oxygen atoms in total. The summed E-state index contributed by atoms with van der Waals surface area (Å²) in [4.78, 5) is 39.1. The van der Waals surface area contributed by atoms with Crippen molar-refractivity contribution in [2.75, 3.05) is 17.2 Å². The van der Waals surface area contributed by atoms with Crippen molar-refractivity contribution < 1.29 is 14.4 Å². The highest BCUT2D eigenvalue weighted by atomic mass is 16.2. The van der Waals surface area contributed by atoms with Crippen molar-refractivity contribution in [2.24, 2.45) is 0 Å². The van der Waals surface area contributed by atoms with E-state index in [4.69, 9.17) is 5.73 Å². The fourth-order valence-electron chi connectivity index (χ4n) is 2.24. The van der Waals surface area contributed by atoms with Gasteiger partial charge < -0.3 is 10.6 Å². The van der Waals surface area contributed by atoms with Gasteiger partial charge in [-0.3, -0.25) is 14.4 Å². The minimum Gasteiger partial charge on any atom is -0.399 e. The molecule has 0 aromatic heterocycles. The molecule has 0 aliphatic rings. The van der Waals surface area contributed by atoms with E-state index in [0.29, 0.717) is 12.2 Å². The Labute approximate surface area is 130 Å². The first-order valence-corrected chi connectivity index (χ1v) is 7.11. The monoisotopic (exact) mass is 305 g/mol. The van der Waals surface area contributed by atoms with E-state index in [1.54, 1.807) is 25.1 Å². The molecule has 0 saturated carbocycles. The van der Waals surface area contributed by atoms with E-state index in [1.165, 1.54) is 17.9 Å². The van der Waals surface area contributed by atoms with Crippen LogP contribution in [0.1, 0.15) is 34.6 Å². The molecule has 0 radical (unpaired) electrons. The van der Waals surface area contributed by atoms with Gasteiger partial charge in [-0.1, -0.05) is 6.07 Å². The zero-order chi connectivity index (χ0) is 17.1. The van der Waals surface area contributed by atoms with Crippen LogP contribution in [0.4, 0.5) is 11.4 Å². The maximum atomic E-state index is 12.5. The van der Waals surface area contributed by atoms with Gasteiger partial charge in [-0.05, 0) is 45.9 Å². The normalized spacial score (nSPS) is 11.0. The van der Waals surface area contributed by atoms with E-state index in [2.05, 4.69) is 0 Å². The molecule has 0 spiro atoms. The summed E-state index contributed by atoms with van der Waals surface area (Å²) in [5.41, 5.74) is 5.87. The van der Waals surface area contributed by atoms with Crippen LogP contribution in [0.2, 0.25) is 0 Å². The highest BCUT2D eigenvalue weighted by molar-refractivity contribution is 6.45. The second-order valence-electron chi connectivity index (χ2n) is 5.97. The van der Waals surface area contributed by atoms with Crippen molar-refractivity contribution >= 4 is 29.1 Å². The SMILES string of the molecule is CCN(C(=O)C(=O)N(C(C)=O)c1cccc(N)c1)C(C)(C)C. The molecule has 0 atom stereocenters. The fraction of sp³-hybridized carbons (Fsp3) is 0.438. The Morgan fingerprint density at radius 3 is 2.14 bits per heavy atom. The van der Waals surface area contributed by atoms with Gasteiger partial charge in [0.25, 0.3) is 0 Å². The number of nitrogens with zero attached hydrogens (tertiary/aromatic N) is 2. The molecule has 2 N–H and O–H groups in total. The van der Waals surface area contributed by atoms with E-state index in [0.717, 1.165) is 4.90 Å². The number of anilines is 2. The van der Waals surface area contributed by atoms with Crippen LogP contribution in [0.25, 0.3) is 0 Å². The molecule has 0 unspecified atom stereocenters. The number of nitrogens with two attached hydrogens (primary N) is 1. The lowest BCUT2D eigenvalue weighted by Crippen LogP contribution is -2.53. The van der Waals surface area contributed by atoms with E-state index < -0.39 is 23.3 Å². The van der Waals surface area contributed by atoms with Crippen molar-refractivity contribution in [1.29, 1.82) is 0 Å². The van der Waals surface area contributed by atoms with Crippen LogP contribution in [-0.4, -0.2) is 34.7 Å². The molecule has 1 aromatic carbocycles. The third-order valence-corrected chi connectivity index (χ3v) is 3.20. The van der Waals surface area contributed by atoms with Gasteiger partial charge in [-0.25, -0.2) is 4.90 Å². The topological polar surface area (TPSA) is 83.7 Å². The standard InChI is InChI=1S/C16H23N3O3/c1-6-18(16(3,4)5)14(21)15(22)19(11(2)20)13-9-7-8-12(17)10-13/h7-10H,6,17H2,1-5H3. The van der Waals surface area contributed by atoms with Crippen molar-refractivity contribution in [3.8, 4) is 0 Å². The number of benzene rings is 1. The highest BCUT2D eigenvalue weighted by Gasteiger charge is 2.34. The summed E-state index contributed by atoms with van der Waals surface area (Å²) >= 11 is 0. The predicted molar refractivity (Wildman–Crippen MR) is 86.2 cm³/mol. The molecule has 0 aliphatic carbocycles. The van der Waals surface area contributed by atoms with Crippen molar-refractivity contribution in [2.45, 2.75) is 40.2 Å². The number of likely N-dealkylation sites (N-methyl/N-ethyl adjacent to an activating group) is 1. The number of imide groups is 1. The van der Waals surface area contributed by atoms with Gasteiger partial charge in [0.1, 0.15) is 0 Å². The van der Waals surface area contributed by atoms with Crippen LogP contribution >= 0.6 is 0 Å². The highest BCUT2D eigenvalue weighted by Crippen LogP contribution is 2.20. The number of amides is 3. The predicted octanol–water partition coefficient (Wildman–Crippen LogP) is 1.80. The maximum Gasteiger partial charge on any atom is 0.323 e. The Kier molecular flexibility index (Phi) is 5.30. The molecule has 3 amide bonds. The van der Waals surface area contributed by atoms with Crippen LogP contribution in [-0.2, 0) is 14.4 Å². The summed E-state index contributed by atoms with van der Waals surface area (Å²) < 4.78 is 0. The number of hydrogen-bond donors (Lipinski definition) is 1. The van der Waals surface area contributed by atoms with Gasteiger partial charge in [0.15, 0.2) is 0 Å². The summed E-state index contributed by atoms with van der Waals surface area (Å²) in [6, 6.07) is 6.32. The van der Waals surface area contributed by atoms with Crippen LogP contribution in [0.15, 0.2) is 24.3 Å². The average molecular weight is 305 g/mol. The molecule has 1 rings (SSSR count). The number of carbonyl (C=O) groups excluding carboxylic acids is 3. The van der Waals surface area contributed by atoms with Crippen LogP contribution in [0, 0.1) is 0 Å². The quantitative estimate of drug-likeness (QED) is 0.667. The summed E-state index contributed by atoms with van der Waals surface area (Å²) in [7, 11) is 0. The maximum absolute atomic E-state index is 12.5. The lowest BCUT2D eigenvalue weighted by Gasteiger charge is -2.35. The Morgan fingerprint density at radius 1 is 1.14 bits per heavy atom. The molecule has 22 heavy (non-hydrogen) atoms. The third-order valence-electron chi connectivity index (χ3n) is 3.20. The van der Waals surface area contributed by atoms with Gasteiger partial charge in [0, 0.05) is 24.7 Å². The second-order valence-corrected chi connectivity index (χ2v) is 5.97. The minimum atomic E-state index is -0.880. The lowest BCUT2D eigenvalue weighted by atomic mass is 10.1. The molecule has 0 saturated heterocycles. The first-order valence-electron chi connectivity index (χ1n) is 7.11. The molecule has 6 heteroatoms. The largest absolute Gasteiger partial charge is 0.399 e. The third kappa shape index (κ3) is 3.84. The fourth-order valence-corrected chi connectivity index (χ4v) is 2.24. The van der Waals surface area contributed by atoms with Crippen molar-refractivity contribution in [3.63, 3.8) is 0 Å². The van der Waals surface area contributed by atoms with Crippen LogP contribution < -0.4 is 10.6 Å². The Bertz CT molecular complexity index is 591. The van der Waals surface area contributed by atoms with Crippen LogP contribution in [0.5, 0.6) is 0 Å². The average Bonchev–Trinajstić information content (AvgIpc) is 2.37. The summed E-state index contributed by atoms with van der Waals surface area (Å²) in [6.07, 6.45) is 0. The Morgan fingerprint density at radius 2 is 1.73 bits per heavy atom. The Hall–Kier alpha value is -2.37. The van der Waals surface area contributed by atoms with Gasteiger partial charge in [0.2, 0.25) is 5.91 Å². The van der Waals surface area contributed by atoms with E-state index in [-0.39, 0.29) is 5.69 Å². The smallest absolute Gasteiger partial charge is 0.323 e. The van der Waals surface area contributed by atoms with E-state index >= 15 is 0 Å². The summed E-state index contributed by atoms with van der Waals surface area (Å²) in [5.74, 6) is -2.13. The van der Waals surface area contributed by atoms with Gasteiger partial charge in [-0.2, -0.15) is 0 Å². The van der Waals surface area contributed by atoms with Crippen LogP contribution in [0.3, 0.4) is 0 Å². The number of rotatable bonds is 2.